The Labute approximate surface area is 90.9 Å². The van der Waals surface area contributed by atoms with Gasteiger partial charge in [-0.15, -0.1) is 0 Å². The summed E-state index contributed by atoms with van der Waals surface area (Å²) >= 11 is 0. The highest BCUT2D eigenvalue weighted by Crippen LogP contribution is 2.34. The fraction of sp³-hybridized carbons (Fsp3) is 1.00. The zero-order valence-electron chi connectivity index (χ0n) is 9.22. The Morgan fingerprint density at radius 1 is 1.00 bits per heavy atom. The van der Waals surface area contributed by atoms with Crippen molar-refractivity contribution in [3.8, 4) is 0 Å². The van der Waals surface area contributed by atoms with Crippen molar-refractivity contribution in [2.75, 3.05) is 32.6 Å². The molecule has 0 saturated carbocycles. The first kappa shape index (κ1) is 15.1. The largest absolute Gasteiger partial charge is 0.381 e. The maximum absolute atomic E-state index is 10.5. The van der Waals surface area contributed by atoms with Crippen molar-refractivity contribution in [3.63, 3.8) is 0 Å². The van der Waals surface area contributed by atoms with E-state index in [9.17, 15) is 4.57 Å². The fourth-order valence-corrected chi connectivity index (χ4v) is 1.53. The molecule has 0 atom stereocenters. The molecule has 92 valence electrons. The third kappa shape index (κ3) is 14.1. The molecule has 0 saturated heterocycles. The predicted molar refractivity (Wildman–Crippen MR) is 58.1 cm³/mol. The molecule has 5 nitrogen and oxygen atoms in total. The summed E-state index contributed by atoms with van der Waals surface area (Å²) in [7, 11) is -3.84. The predicted octanol–water partition coefficient (Wildman–Crippen LogP) is 1.39. The Morgan fingerprint density at radius 3 is 2.07 bits per heavy atom. The molecule has 15 heavy (non-hydrogen) atoms. The first-order valence-corrected chi connectivity index (χ1v) is 7.06. The number of ether oxygens (including phenoxy) is 2. The van der Waals surface area contributed by atoms with E-state index in [1.54, 1.807) is 0 Å². The van der Waals surface area contributed by atoms with Crippen LogP contribution in [0.3, 0.4) is 0 Å². The van der Waals surface area contributed by atoms with Crippen molar-refractivity contribution in [3.05, 3.63) is 0 Å². The van der Waals surface area contributed by atoms with Crippen LogP contribution in [0.2, 0.25) is 0 Å². The highest BCUT2D eigenvalue weighted by Gasteiger charge is 2.10. The standard InChI is InChI=1S/C9H21O5P/c1-2-5-13-6-3-7-14-8-4-9-15(10,11)12/h2-9H2,1H3,(H2,10,11,12). The average Bonchev–Trinajstić information content (AvgIpc) is 2.14. The van der Waals surface area contributed by atoms with Gasteiger partial charge in [0.15, 0.2) is 0 Å². The molecule has 0 aromatic heterocycles. The van der Waals surface area contributed by atoms with E-state index < -0.39 is 7.60 Å². The normalized spacial score (nSPS) is 11.9. The summed E-state index contributed by atoms with van der Waals surface area (Å²) < 4.78 is 20.9. The van der Waals surface area contributed by atoms with Crippen LogP contribution in [0.5, 0.6) is 0 Å². The smallest absolute Gasteiger partial charge is 0.325 e. The van der Waals surface area contributed by atoms with Gasteiger partial charge in [-0.05, 0) is 19.3 Å². The second kappa shape index (κ2) is 9.31. The van der Waals surface area contributed by atoms with E-state index in [1.807, 2.05) is 0 Å². The van der Waals surface area contributed by atoms with Crippen LogP contribution in [0.1, 0.15) is 26.2 Å². The van der Waals surface area contributed by atoms with E-state index in [0.29, 0.717) is 26.2 Å². The number of hydrogen-bond donors (Lipinski definition) is 2. The molecule has 0 aromatic rings. The van der Waals surface area contributed by atoms with Gasteiger partial charge in [-0.25, -0.2) is 0 Å². The van der Waals surface area contributed by atoms with Crippen molar-refractivity contribution >= 4 is 7.60 Å². The van der Waals surface area contributed by atoms with Crippen molar-refractivity contribution in [2.24, 2.45) is 0 Å². The van der Waals surface area contributed by atoms with E-state index in [2.05, 4.69) is 6.92 Å². The van der Waals surface area contributed by atoms with Crippen LogP contribution in [-0.2, 0) is 14.0 Å². The number of rotatable bonds is 10. The van der Waals surface area contributed by atoms with E-state index in [4.69, 9.17) is 19.3 Å². The van der Waals surface area contributed by atoms with Gasteiger partial charge >= 0.3 is 7.60 Å². The lowest BCUT2D eigenvalue weighted by Gasteiger charge is -2.05. The highest BCUT2D eigenvalue weighted by atomic mass is 31.2. The van der Waals surface area contributed by atoms with Gasteiger partial charge in [-0.2, -0.15) is 0 Å². The quantitative estimate of drug-likeness (QED) is 0.445. The van der Waals surface area contributed by atoms with Gasteiger partial charge in [-0.3, -0.25) is 4.57 Å². The minimum atomic E-state index is -3.84. The minimum Gasteiger partial charge on any atom is -0.381 e. The molecule has 0 rings (SSSR count). The molecule has 0 amide bonds. The Bertz CT molecular complexity index is 179. The summed E-state index contributed by atoms with van der Waals surface area (Å²) in [6.45, 7) is 4.51. The van der Waals surface area contributed by atoms with Crippen molar-refractivity contribution < 1.29 is 23.8 Å². The highest BCUT2D eigenvalue weighted by molar-refractivity contribution is 7.51. The minimum absolute atomic E-state index is 0.0979. The van der Waals surface area contributed by atoms with Crippen molar-refractivity contribution in [1.82, 2.24) is 0 Å². The van der Waals surface area contributed by atoms with E-state index in [1.165, 1.54) is 0 Å². The first-order chi connectivity index (χ1) is 7.06. The molecule has 0 heterocycles. The van der Waals surface area contributed by atoms with E-state index in [-0.39, 0.29) is 6.16 Å². The van der Waals surface area contributed by atoms with Gasteiger partial charge in [-0.1, -0.05) is 6.92 Å². The van der Waals surface area contributed by atoms with Crippen LogP contribution in [0, 0.1) is 0 Å². The zero-order chi connectivity index (χ0) is 11.6. The maximum Gasteiger partial charge on any atom is 0.325 e. The second-order valence-corrected chi connectivity index (χ2v) is 5.10. The van der Waals surface area contributed by atoms with E-state index >= 15 is 0 Å². The van der Waals surface area contributed by atoms with Crippen LogP contribution in [-0.4, -0.2) is 42.4 Å². The topological polar surface area (TPSA) is 76.0 Å². The average molecular weight is 240 g/mol. The summed E-state index contributed by atoms with van der Waals surface area (Å²) in [6.07, 6.45) is 2.15. The molecule has 0 aromatic carbocycles. The molecule has 2 N–H and O–H groups in total. The number of hydrogen-bond acceptors (Lipinski definition) is 3. The second-order valence-electron chi connectivity index (χ2n) is 3.32. The molecule has 0 bridgehead atoms. The molecule has 0 aliphatic rings. The van der Waals surface area contributed by atoms with Crippen molar-refractivity contribution in [1.29, 1.82) is 0 Å². The van der Waals surface area contributed by atoms with Gasteiger partial charge in [0.2, 0.25) is 0 Å². The van der Waals surface area contributed by atoms with Crippen LogP contribution in [0.4, 0.5) is 0 Å². The lowest BCUT2D eigenvalue weighted by molar-refractivity contribution is 0.0831. The Balaban J connectivity index is 3.02. The van der Waals surface area contributed by atoms with Gasteiger partial charge in [0.05, 0.1) is 6.16 Å². The monoisotopic (exact) mass is 240 g/mol. The van der Waals surface area contributed by atoms with E-state index in [0.717, 1.165) is 19.4 Å². The van der Waals surface area contributed by atoms with Crippen LogP contribution in [0.15, 0.2) is 0 Å². The summed E-state index contributed by atoms with van der Waals surface area (Å²) in [5, 5.41) is 0. The molecule has 0 unspecified atom stereocenters. The third-order valence-corrected chi connectivity index (χ3v) is 2.56. The Morgan fingerprint density at radius 2 is 1.53 bits per heavy atom. The Hall–Kier alpha value is 0.0700. The summed E-state index contributed by atoms with van der Waals surface area (Å²) in [6, 6.07) is 0. The molecule has 0 aliphatic carbocycles. The van der Waals surface area contributed by atoms with Crippen LogP contribution < -0.4 is 0 Å². The Kier molecular flexibility index (Phi) is 9.35. The van der Waals surface area contributed by atoms with Crippen LogP contribution in [0.25, 0.3) is 0 Å². The van der Waals surface area contributed by atoms with Crippen molar-refractivity contribution in [2.45, 2.75) is 26.2 Å². The summed E-state index contributed by atoms with van der Waals surface area (Å²) in [4.78, 5) is 17.1. The molecular weight excluding hydrogens is 219 g/mol. The summed E-state index contributed by atoms with van der Waals surface area (Å²) in [5.74, 6) is 0. The molecule has 6 heteroatoms. The van der Waals surface area contributed by atoms with Gasteiger partial charge in [0.1, 0.15) is 0 Å². The third-order valence-electron chi connectivity index (χ3n) is 1.66. The molecule has 0 aliphatic heterocycles. The maximum atomic E-state index is 10.5. The first-order valence-electron chi connectivity index (χ1n) is 5.26. The zero-order valence-corrected chi connectivity index (χ0v) is 10.1. The SMILES string of the molecule is CCCOCCCOCCCP(=O)(O)O. The lowest BCUT2D eigenvalue weighted by atomic mass is 10.4. The lowest BCUT2D eigenvalue weighted by Crippen LogP contribution is -2.03. The molecule has 0 spiro atoms. The summed E-state index contributed by atoms with van der Waals surface area (Å²) in [5.41, 5.74) is 0. The van der Waals surface area contributed by atoms with Gasteiger partial charge in [0.25, 0.3) is 0 Å². The van der Waals surface area contributed by atoms with Gasteiger partial charge < -0.3 is 19.3 Å². The molecule has 0 fully saturated rings. The van der Waals surface area contributed by atoms with Crippen LogP contribution >= 0.6 is 7.60 Å². The van der Waals surface area contributed by atoms with Gasteiger partial charge in [0, 0.05) is 26.4 Å². The fourth-order valence-electron chi connectivity index (χ4n) is 0.984. The molecule has 0 radical (unpaired) electrons. The molecular formula is C9H21O5P.